The minimum atomic E-state index is -0.300. The summed E-state index contributed by atoms with van der Waals surface area (Å²) < 4.78 is 5.76. The van der Waals surface area contributed by atoms with E-state index >= 15 is 0 Å². The van der Waals surface area contributed by atoms with Gasteiger partial charge in [-0.05, 0) is 54.1 Å². The van der Waals surface area contributed by atoms with Gasteiger partial charge in [-0.25, -0.2) is 0 Å². The number of pyridine rings is 1. The van der Waals surface area contributed by atoms with E-state index in [1.165, 1.54) is 19.3 Å². The van der Waals surface area contributed by atoms with E-state index in [1.54, 1.807) is 60.8 Å². The number of nitrogens with one attached hydrogen (secondary N) is 3. The fraction of sp³-hybridized carbons (Fsp3) is 0.0400. The quantitative estimate of drug-likeness (QED) is 0.390. The minimum Gasteiger partial charge on any atom is -0.457 e. The van der Waals surface area contributed by atoms with Crippen molar-refractivity contribution in [2.24, 2.45) is 0 Å². The van der Waals surface area contributed by atoms with Gasteiger partial charge in [-0.2, -0.15) is 5.26 Å². The molecule has 2 aromatic heterocycles. The molecule has 0 bridgehead atoms. The van der Waals surface area contributed by atoms with Crippen molar-refractivity contribution in [3.63, 3.8) is 0 Å². The highest BCUT2D eigenvalue weighted by Gasteiger charge is 2.07. The summed E-state index contributed by atoms with van der Waals surface area (Å²) in [5, 5.41) is 15.2. The third kappa shape index (κ3) is 5.06. The molecule has 0 aliphatic carbocycles. The number of ether oxygens (including phenoxy) is 1. The van der Waals surface area contributed by atoms with Gasteiger partial charge >= 0.3 is 0 Å². The van der Waals surface area contributed by atoms with Crippen LogP contribution in [0, 0.1) is 11.3 Å². The molecule has 0 fully saturated rings. The van der Waals surface area contributed by atoms with E-state index < -0.39 is 0 Å². The van der Waals surface area contributed by atoms with Crippen LogP contribution in [0.15, 0.2) is 73.1 Å². The van der Waals surface area contributed by atoms with E-state index in [0.29, 0.717) is 22.7 Å². The molecule has 0 aliphatic rings. The number of nitrogens with zero attached hydrogens (tertiary/aromatic N) is 2. The Labute approximate surface area is 189 Å². The Morgan fingerprint density at radius 2 is 1.91 bits per heavy atom. The van der Waals surface area contributed by atoms with Crippen LogP contribution in [0.3, 0.4) is 0 Å². The maximum Gasteiger partial charge on any atom is 0.269 e. The van der Waals surface area contributed by atoms with E-state index in [1.807, 2.05) is 6.07 Å². The lowest BCUT2D eigenvalue weighted by Crippen LogP contribution is -2.18. The number of aromatic amines is 1. The zero-order valence-electron chi connectivity index (χ0n) is 17.6. The molecule has 2 amide bonds. The van der Waals surface area contributed by atoms with Gasteiger partial charge in [-0.1, -0.05) is 6.07 Å². The highest BCUT2D eigenvalue weighted by Crippen LogP contribution is 2.24. The molecule has 0 atom stereocenters. The van der Waals surface area contributed by atoms with E-state index in [0.717, 1.165) is 16.5 Å². The number of hydrogen-bond donors (Lipinski definition) is 3. The molecule has 162 valence electrons. The van der Waals surface area contributed by atoms with Crippen LogP contribution >= 0.6 is 0 Å². The molecule has 2 heterocycles. The van der Waals surface area contributed by atoms with Crippen molar-refractivity contribution in [2.75, 3.05) is 12.4 Å². The largest absolute Gasteiger partial charge is 0.457 e. The first-order valence-electron chi connectivity index (χ1n) is 10.0. The molecule has 4 aromatic rings. The number of hydrogen-bond acceptors (Lipinski definition) is 5. The van der Waals surface area contributed by atoms with E-state index in [-0.39, 0.29) is 17.5 Å². The predicted molar refractivity (Wildman–Crippen MR) is 125 cm³/mol. The van der Waals surface area contributed by atoms with Gasteiger partial charge in [0.2, 0.25) is 5.91 Å². The van der Waals surface area contributed by atoms with Crippen LogP contribution in [0.25, 0.3) is 17.0 Å². The molecule has 33 heavy (non-hydrogen) atoms. The topological polar surface area (TPSA) is 120 Å². The van der Waals surface area contributed by atoms with Crippen LogP contribution < -0.4 is 15.4 Å². The molecule has 0 spiro atoms. The summed E-state index contributed by atoms with van der Waals surface area (Å²) in [5.74, 6) is 0.444. The molecule has 8 nitrogen and oxygen atoms in total. The number of carbonyl (C=O) groups is 2. The molecule has 2 aromatic carbocycles. The molecule has 8 heteroatoms. The van der Waals surface area contributed by atoms with Crippen molar-refractivity contribution in [1.29, 1.82) is 5.26 Å². The third-order valence-electron chi connectivity index (χ3n) is 4.81. The fourth-order valence-electron chi connectivity index (χ4n) is 3.17. The van der Waals surface area contributed by atoms with Crippen LogP contribution in [0.5, 0.6) is 11.5 Å². The van der Waals surface area contributed by atoms with Gasteiger partial charge in [0.15, 0.2) is 0 Å². The number of amides is 2. The number of nitriles is 1. The SMILES string of the molecule is CNC(=O)c1cc(Oc2ccc(NC(=O)C=Cc3c[nH]c4cc(C#N)ccc34)cc2)ccn1. The van der Waals surface area contributed by atoms with Crippen molar-refractivity contribution < 1.29 is 14.3 Å². The van der Waals surface area contributed by atoms with Crippen molar-refractivity contribution >= 4 is 34.5 Å². The second-order valence-corrected chi connectivity index (χ2v) is 7.02. The van der Waals surface area contributed by atoms with Crippen LogP contribution in [0.4, 0.5) is 5.69 Å². The van der Waals surface area contributed by atoms with Gasteiger partial charge in [-0.3, -0.25) is 14.6 Å². The highest BCUT2D eigenvalue weighted by atomic mass is 16.5. The maximum absolute atomic E-state index is 12.3. The summed E-state index contributed by atoms with van der Waals surface area (Å²) in [6.07, 6.45) is 6.45. The highest BCUT2D eigenvalue weighted by molar-refractivity contribution is 6.03. The zero-order valence-corrected chi connectivity index (χ0v) is 17.6. The monoisotopic (exact) mass is 437 g/mol. The second kappa shape index (κ2) is 9.49. The normalized spacial score (nSPS) is 10.7. The van der Waals surface area contributed by atoms with Gasteiger partial charge < -0.3 is 20.4 Å². The number of carbonyl (C=O) groups excluding carboxylic acids is 2. The average Bonchev–Trinajstić information content (AvgIpc) is 3.25. The van der Waals surface area contributed by atoms with Gasteiger partial charge in [0.1, 0.15) is 17.2 Å². The lowest BCUT2D eigenvalue weighted by molar-refractivity contribution is -0.111. The van der Waals surface area contributed by atoms with Crippen LogP contribution in [-0.4, -0.2) is 28.8 Å². The van der Waals surface area contributed by atoms with Gasteiger partial charge in [0, 0.05) is 48.2 Å². The van der Waals surface area contributed by atoms with Crippen LogP contribution in [0.1, 0.15) is 21.6 Å². The van der Waals surface area contributed by atoms with E-state index in [4.69, 9.17) is 10.00 Å². The Kier molecular flexibility index (Phi) is 6.14. The average molecular weight is 437 g/mol. The van der Waals surface area contributed by atoms with Gasteiger partial charge in [0.05, 0.1) is 11.6 Å². The van der Waals surface area contributed by atoms with Crippen molar-refractivity contribution in [2.45, 2.75) is 0 Å². The molecule has 0 aliphatic heterocycles. The molecular weight excluding hydrogens is 418 g/mol. The molecule has 3 N–H and O–H groups in total. The smallest absolute Gasteiger partial charge is 0.269 e. The maximum atomic E-state index is 12.3. The zero-order chi connectivity index (χ0) is 23.2. The summed E-state index contributed by atoms with van der Waals surface area (Å²) >= 11 is 0. The number of fused-ring (bicyclic) bond motifs is 1. The van der Waals surface area contributed by atoms with E-state index in [9.17, 15) is 9.59 Å². The lowest BCUT2D eigenvalue weighted by Gasteiger charge is -2.08. The Hall–Kier alpha value is -4.90. The Balaban J connectivity index is 1.38. The number of rotatable bonds is 6. The van der Waals surface area contributed by atoms with Gasteiger partial charge in [0.25, 0.3) is 5.91 Å². The third-order valence-corrected chi connectivity index (χ3v) is 4.81. The van der Waals surface area contributed by atoms with Crippen LogP contribution in [0.2, 0.25) is 0 Å². The Morgan fingerprint density at radius 1 is 1.09 bits per heavy atom. The summed E-state index contributed by atoms with van der Waals surface area (Å²) in [5.41, 5.74) is 3.12. The molecular formula is C25H19N5O3. The standard InChI is InChI=1S/C25H19N5O3/c1-27-25(32)23-13-20(10-11-28-23)33-19-6-4-18(5-7-19)30-24(31)9-3-17-15-29-22-12-16(14-26)2-8-21(17)22/h2-13,15,29H,1H3,(H,27,32)(H,30,31). The molecule has 0 radical (unpaired) electrons. The van der Waals surface area contributed by atoms with Crippen molar-refractivity contribution in [3.8, 4) is 17.6 Å². The summed E-state index contributed by atoms with van der Waals surface area (Å²) in [4.78, 5) is 31.1. The number of anilines is 1. The molecule has 0 saturated carbocycles. The number of H-pyrrole nitrogens is 1. The molecule has 0 unspecified atom stereocenters. The van der Waals surface area contributed by atoms with Gasteiger partial charge in [-0.15, -0.1) is 0 Å². The number of aromatic nitrogens is 2. The van der Waals surface area contributed by atoms with Crippen molar-refractivity contribution in [3.05, 3.63) is 89.9 Å². The predicted octanol–water partition coefficient (Wildman–Crippen LogP) is 4.24. The lowest BCUT2D eigenvalue weighted by atomic mass is 10.1. The Bertz CT molecular complexity index is 1400. The first-order valence-corrected chi connectivity index (χ1v) is 10.0. The fourth-order valence-corrected chi connectivity index (χ4v) is 3.17. The Morgan fingerprint density at radius 3 is 2.67 bits per heavy atom. The second-order valence-electron chi connectivity index (χ2n) is 7.02. The summed E-state index contributed by atoms with van der Waals surface area (Å²) in [6, 6.07) is 17.5. The summed E-state index contributed by atoms with van der Waals surface area (Å²) in [6.45, 7) is 0. The molecule has 4 rings (SSSR count). The van der Waals surface area contributed by atoms with Crippen molar-refractivity contribution in [1.82, 2.24) is 15.3 Å². The first kappa shape index (κ1) is 21.3. The van der Waals surface area contributed by atoms with Crippen LogP contribution in [-0.2, 0) is 4.79 Å². The summed E-state index contributed by atoms with van der Waals surface area (Å²) in [7, 11) is 1.53. The van der Waals surface area contributed by atoms with E-state index in [2.05, 4.69) is 26.7 Å². The molecule has 0 saturated heterocycles. The number of benzene rings is 2. The first-order chi connectivity index (χ1) is 16.1. The minimum absolute atomic E-state index is 0.256.